The second-order valence-electron chi connectivity index (χ2n) is 7.19. The van der Waals surface area contributed by atoms with Gasteiger partial charge in [0.15, 0.2) is 0 Å². The summed E-state index contributed by atoms with van der Waals surface area (Å²) in [7, 11) is 0. The van der Waals surface area contributed by atoms with Crippen LogP contribution in [-0.2, 0) is 16.0 Å². The number of benzene rings is 2. The van der Waals surface area contributed by atoms with Crippen molar-refractivity contribution in [3.63, 3.8) is 0 Å². The molecule has 2 amide bonds. The van der Waals surface area contributed by atoms with Crippen LogP contribution in [0.2, 0.25) is 0 Å². The molecule has 0 saturated carbocycles. The Morgan fingerprint density at radius 3 is 2.42 bits per heavy atom. The standard InChI is InChI=1S/C21H27N3O2/c1-16(2)22-20(25)15-23-10-12-24(13-11-23)21(26)14-18-8-5-7-17-6-3-4-9-19(17)18/h3-9,16H,10-15H2,1-2H3,(H,22,25). The smallest absolute Gasteiger partial charge is 0.234 e. The molecule has 5 heteroatoms. The fourth-order valence-electron chi connectivity index (χ4n) is 3.45. The molecule has 2 aromatic carbocycles. The van der Waals surface area contributed by atoms with Crippen molar-refractivity contribution < 1.29 is 9.59 Å². The molecule has 3 rings (SSSR count). The third kappa shape index (κ3) is 4.61. The molecule has 0 radical (unpaired) electrons. The quantitative estimate of drug-likeness (QED) is 0.895. The second-order valence-corrected chi connectivity index (χ2v) is 7.19. The predicted molar refractivity (Wildman–Crippen MR) is 104 cm³/mol. The first-order valence-corrected chi connectivity index (χ1v) is 9.29. The predicted octanol–water partition coefficient (Wildman–Crippen LogP) is 2.05. The SMILES string of the molecule is CC(C)NC(=O)CN1CCN(C(=O)Cc2cccc3ccccc23)CC1. The number of nitrogens with one attached hydrogen (secondary N) is 1. The Hall–Kier alpha value is -2.40. The topological polar surface area (TPSA) is 52.7 Å². The maximum absolute atomic E-state index is 12.7. The molecule has 1 N–H and O–H groups in total. The summed E-state index contributed by atoms with van der Waals surface area (Å²) in [5, 5.41) is 5.22. The minimum atomic E-state index is 0.0514. The molecule has 1 aliphatic rings. The maximum atomic E-state index is 12.7. The van der Waals surface area contributed by atoms with Crippen molar-refractivity contribution in [2.24, 2.45) is 0 Å². The third-order valence-electron chi connectivity index (χ3n) is 4.76. The number of hydrogen-bond acceptors (Lipinski definition) is 3. The van der Waals surface area contributed by atoms with Gasteiger partial charge in [-0.05, 0) is 30.2 Å². The molecular weight excluding hydrogens is 326 g/mol. The van der Waals surface area contributed by atoms with E-state index in [-0.39, 0.29) is 17.9 Å². The fraction of sp³-hybridized carbons (Fsp3) is 0.429. The van der Waals surface area contributed by atoms with E-state index in [1.165, 1.54) is 5.39 Å². The maximum Gasteiger partial charge on any atom is 0.234 e. The van der Waals surface area contributed by atoms with Gasteiger partial charge >= 0.3 is 0 Å². The second kappa shape index (κ2) is 8.32. The molecular formula is C21H27N3O2. The Labute approximate surface area is 155 Å². The number of hydrogen-bond donors (Lipinski definition) is 1. The molecule has 1 saturated heterocycles. The number of rotatable bonds is 5. The first-order chi connectivity index (χ1) is 12.5. The zero-order valence-electron chi connectivity index (χ0n) is 15.6. The van der Waals surface area contributed by atoms with E-state index in [1.54, 1.807) is 0 Å². The largest absolute Gasteiger partial charge is 0.353 e. The van der Waals surface area contributed by atoms with Crippen LogP contribution in [0.15, 0.2) is 42.5 Å². The van der Waals surface area contributed by atoms with Crippen molar-refractivity contribution in [3.8, 4) is 0 Å². The third-order valence-corrected chi connectivity index (χ3v) is 4.76. The molecule has 138 valence electrons. The number of nitrogens with zero attached hydrogens (tertiary/aromatic N) is 2. The molecule has 0 spiro atoms. The molecule has 1 aliphatic heterocycles. The van der Waals surface area contributed by atoms with Crippen LogP contribution < -0.4 is 5.32 Å². The highest BCUT2D eigenvalue weighted by Gasteiger charge is 2.22. The molecule has 2 aromatic rings. The zero-order chi connectivity index (χ0) is 18.5. The van der Waals surface area contributed by atoms with Crippen molar-refractivity contribution in [1.29, 1.82) is 0 Å². The van der Waals surface area contributed by atoms with Crippen LogP contribution in [0.25, 0.3) is 10.8 Å². The summed E-state index contributed by atoms with van der Waals surface area (Å²) in [5.74, 6) is 0.211. The number of fused-ring (bicyclic) bond motifs is 1. The number of carbonyl (C=O) groups is 2. The first kappa shape index (κ1) is 18.4. The van der Waals surface area contributed by atoms with Gasteiger partial charge in [0.2, 0.25) is 11.8 Å². The Morgan fingerprint density at radius 2 is 1.69 bits per heavy atom. The molecule has 0 unspecified atom stereocenters. The van der Waals surface area contributed by atoms with E-state index < -0.39 is 0 Å². The molecule has 1 fully saturated rings. The lowest BCUT2D eigenvalue weighted by Crippen LogP contribution is -2.51. The van der Waals surface area contributed by atoms with Gasteiger partial charge in [0.25, 0.3) is 0 Å². The van der Waals surface area contributed by atoms with Crippen molar-refractivity contribution in [2.45, 2.75) is 26.3 Å². The van der Waals surface area contributed by atoms with Crippen LogP contribution in [-0.4, -0.2) is 60.4 Å². The van der Waals surface area contributed by atoms with Gasteiger partial charge in [0, 0.05) is 32.2 Å². The van der Waals surface area contributed by atoms with E-state index in [0.29, 0.717) is 26.1 Å². The molecule has 0 atom stereocenters. The lowest BCUT2D eigenvalue weighted by molar-refractivity contribution is -0.132. The van der Waals surface area contributed by atoms with Gasteiger partial charge in [-0.25, -0.2) is 0 Å². The number of amides is 2. The summed E-state index contributed by atoms with van der Waals surface area (Å²) in [6.45, 7) is 7.17. The van der Waals surface area contributed by atoms with Gasteiger partial charge in [-0.3, -0.25) is 14.5 Å². The normalized spacial score (nSPS) is 15.4. The number of carbonyl (C=O) groups excluding carboxylic acids is 2. The van der Waals surface area contributed by atoms with E-state index in [9.17, 15) is 9.59 Å². The van der Waals surface area contributed by atoms with Crippen molar-refractivity contribution in [3.05, 3.63) is 48.0 Å². The average molecular weight is 353 g/mol. The van der Waals surface area contributed by atoms with Crippen LogP contribution in [0.5, 0.6) is 0 Å². The Morgan fingerprint density at radius 1 is 1.00 bits per heavy atom. The van der Waals surface area contributed by atoms with E-state index in [1.807, 2.05) is 43.0 Å². The van der Waals surface area contributed by atoms with Gasteiger partial charge in [-0.15, -0.1) is 0 Å². The summed E-state index contributed by atoms with van der Waals surface area (Å²) in [6, 6.07) is 14.5. The Bertz CT molecular complexity index is 774. The van der Waals surface area contributed by atoms with Crippen LogP contribution in [0.3, 0.4) is 0 Å². The average Bonchev–Trinajstić information content (AvgIpc) is 2.62. The molecule has 26 heavy (non-hydrogen) atoms. The van der Waals surface area contributed by atoms with E-state index >= 15 is 0 Å². The van der Waals surface area contributed by atoms with Gasteiger partial charge in [0.1, 0.15) is 0 Å². The van der Waals surface area contributed by atoms with Gasteiger partial charge < -0.3 is 10.2 Å². The molecule has 0 aromatic heterocycles. The fourth-order valence-corrected chi connectivity index (χ4v) is 3.45. The van der Waals surface area contributed by atoms with Crippen LogP contribution in [0.4, 0.5) is 0 Å². The summed E-state index contributed by atoms with van der Waals surface area (Å²) < 4.78 is 0. The lowest BCUT2D eigenvalue weighted by Gasteiger charge is -2.34. The van der Waals surface area contributed by atoms with E-state index in [0.717, 1.165) is 24.0 Å². The minimum absolute atomic E-state index is 0.0514. The first-order valence-electron chi connectivity index (χ1n) is 9.29. The Kier molecular flexibility index (Phi) is 5.89. The summed E-state index contributed by atoms with van der Waals surface area (Å²) in [5.41, 5.74) is 1.08. The van der Waals surface area contributed by atoms with Crippen LogP contribution >= 0.6 is 0 Å². The monoisotopic (exact) mass is 353 g/mol. The summed E-state index contributed by atoms with van der Waals surface area (Å²) in [6.07, 6.45) is 0.426. The minimum Gasteiger partial charge on any atom is -0.353 e. The highest BCUT2D eigenvalue weighted by atomic mass is 16.2. The molecule has 0 bridgehead atoms. The van der Waals surface area contributed by atoms with E-state index in [4.69, 9.17) is 0 Å². The van der Waals surface area contributed by atoms with Crippen molar-refractivity contribution in [2.75, 3.05) is 32.7 Å². The van der Waals surface area contributed by atoms with Crippen LogP contribution in [0, 0.1) is 0 Å². The summed E-state index contributed by atoms with van der Waals surface area (Å²) in [4.78, 5) is 28.6. The summed E-state index contributed by atoms with van der Waals surface area (Å²) >= 11 is 0. The van der Waals surface area contributed by atoms with Gasteiger partial charge in [0.05, 0.1) is 13.0 Å². The number of piperazine rings is 1. The lowest BCUT2D eigenvalue weighted by atomic mass is 10.0. The van der Waals surface area contributed by atoms with E-state index in [2.05, 4.69) is 28.4 Å². The zero-order valence-corrected chi connectivity index (χ0v) is 15.6. The highest BCUT2D eigenvalue weighted by molar-refractivity contribution is 5.90. The van der Waals surface area contributed by atoms with Crippen LogP contribution in [0.1, 0.15) is 19.4 Å². The van der Waals surface area contributed by atoms with Gasteiger partial charge in [-0.1, -0.05) is 42.5 Å². The Balaban J connectivity index is 1.55. The highest BCUT2D eigenvalue weighted by Crippen LogP contribution is 2.19. The van der Waals surface area contributed by atoms with Crippen molar-refractivity contribution >= 4 is 22.6 Å². The molecule has 5 nitrogen and oxygen atoms in total. The molecule has 0 aliphatic carbocycles. The molecule has 1 heterocycles. The van der Waals surface area contributed by atoms with Gasteiger partial charge in [-0.2, -0.15) is 0 Å². The van der Waals surface area contributed by atoms with Crippen molar-refractivity contribution in [1.82, 2.24) is 15.1 Å².